The molecule has 4 aromatic rings. The Kier molecular flexibility index (Phi) is 9.55. The molecular formula is C29H33N7O6. The third-order valence-corrected chi connectivity index (χ3v) is 6.92. The van der Waals surface area contributed by atoms with Gasteiger partial charge in [0.1, 0.15) is 12.1 Å². The Morgan fingerprint density at radius 2 is 1.36 bits per heavy atom. The highest BCUT2D eigenvalue weighted by Crippen LogP contribution is 2.20. The molecule has 0 spiro atoms. The van der Waals surface area contributed by atoms with Gasteiger partial charge >= 0.3 is 5.97 Å². The van der Waals surface area contributed by atoms with Crippen LogP contribution in [0.2, 0.25) is 0 Å². The summed E-state index contributed by atoms with van der Waals surface area (Å²) in [6.45, 7) is -0.488. The maximum absolute atomic E-state index is 13.1. The molecule has 0 fully saturated rings. The second-order valence-electron chi connectivity index (χ2n) is 9.98. The molecule has 2 heterocycles. The molecule has 0 radical (unpaired) electrons. The normalized spacial score (nSPS) is 13.3. The SMILES string of the molecule is NC(=O)CCC(NC(=O)CNC(=O)C(N)Cc1c[nH]c2ccccc12)C(=O)NC(Cc1c[nH]c2ccccc12)C(=O)O. The minimum absolute atomic E-state index is 0.0219. The number of benzene rings is 2. The van der Waals surface area contributed by atoms with E-state index in [2.05, 4.69) is 25.9 Å². The number of amides is 4. The monoisotopic (exact) mass is 575 g/mol. The van der Waals surface area contributed by atoms with Crippen LogP contribution in [0.3, 0.4) is 0 Å². The number of aromatic nitrogens is 2. The van der Waals surface area contributed by atoms with Crippen LogP contribution in [0.5, 0.6) is 0 Å². The highest BCUT2D eigenvalue weighted by atomic mass is 16.4. The van der Waals surface area contributed by atoms with Gasteiger partial charge < -0.3 is 42.5 Å². The van der Waals surface area contributed by atoms with Crippen LogP contribution < -0.4 is 27.4 Å². The summed E-state index contributed by atoms with van der Waals surface area (Å²) < 4.78 is 0. The summed E-state index contributed by atoms with van der Waals surface area (Å²) in [7, 11) is 0. The predicted octanol–water partition coefficient (Wildman–Crippen LogP) is 0.198. The van der Waals surface area contributed by atoms with Crippen molar-refractivity contribution in [2.45, 2.75) is 43.8 Å². The van der Waals surface area contributed by atoms with Gasteiger partial charge in [-0.1, -0.05) is 36.4 Å². The molecule has 0 aliphatic carbocycles. The molecule has 0 saturated carbocycles. The molecule has 10 N–H and O–H groups in total. The number of primary amides is 1. The summed E-state index contributed by atoms with van der Waals surface area (Å²) in [4.78, 5) is 67.8. The van der Waals surface area contributed by atoms with Crippen LogP contribution in [0, 0.1) is 0 Å². The summed E-state index contributed by atoms with van der Waals surface area (Å²) in [5.74, 6) is -4.08. The molecule has 0 bridgehead atoms. The molecule has 13 nitrogen and oxygen atoms in total. The summed E-state index contributed by atoms with van der Waals surface area (Å²) in [5, 5.41) is 18.9. The van der Waals surface area contributed by atoms with Gasteiger partial charge in [0.15, 0.2) is 0 Å². The number of hydrogen-bond acceptors (Lipinski definition) is 6. The Hall–Kier alpha value is -5.17. The summed E-state index contributed by atoms with van der Waals surface area (Å²) in [5.41, 5.74) is 14.5. The lowest BCUT2D eigenvalue weighted by atomic mass is 10.0. The maximum Gasteiger partial charge on any atom is 0.326 e. The first kappa shape index (κ1) is 29.8. The zero-order valence-electron chi connectivity index (χ0n) is 22.7. The highest BCUT2D eigenvalue weighted by molar-refractivity contribution is 5.93. The van der Waals surface area contributed by atoms with Crippen molar-refractivity contribution < 1.29 is 29.1 Å². The number of para-hydroxylation sites is 2. The summed E-state index contributed by atoms with van der Waals surface area (Å²) in [6.07, 6.45) is 3.25. The Morgan fingerprint density at radius 1 is 0.786 bits per heavy atom. The van der Waals surface area contributed by atoms with Crippen LogP contribution in [0.25, 0.3) is 21.8 Å². The molecule has 4 rings (SSSR count). The lowest BCUT2D eigenvalue weighted by Crippen LogP contribution is -2.54. The molecule has 0 aliphatic rings. The van der Waals surface area contributed by atoms with Crippen molar-refractivity contribution >= 4 is 51.4 Å². The lowest BCUT2D eigenvalue weighted by molar-refractivity contribution is -0.142. The molecule has 2 aromatic heterocycles. The number of rotatable bonds is 14. The zero-order chi connectivity index (χ0) is 30.2. The summed E-state index contributed by atoms with van der Waals surface area (Å²) >= 11 is 0. The van der Waals surface area contributed by atoms with Gasteiger partial charge in [0, 0.05) is 47.0 Å². The van der Waals surface area contributed by atoms with Gasteiger partial charge in [0.2, 0.25) is 23.6 Å². The third kappa shape index (κ3) is 7.52. The number of hydrogen-bond donors (Lipinski definition) is 8. The van der Waals surface area contributed by atoms with Gasteiger partial charge in [-0.05, 0) is 36.1 Å². The number of nitrogens with one attached hydrogen (secondary N) is 5. The van der Waals surface area contributed by atoms with Crippen LogP contribution in [-0.4, -0.2) is 69.3 Å². The minimum atomic E-state index is -1.31. The van der Waals surface area contributed by atoms with Crippen molar-refractivity contribution in [3.63, 3.8) is 0 Å². The van der Waals surface area contributed by atoms with E-state index in [1.807, 2.05) is 48.5 Å². The number of carboxylic acids is 1. The predicted molar refractivity (Wildman–Crippen MR) is 155 cm³/mol. The fraction of sp³-hybridized carbons (Fsp3) is 0.276. The van der Waals surface area contributed by atoms with Gasteiger partial charge in [-0.15, -0.1) is 0 Å². The van der Waals surface area contributed by atoms with Crippen molar-refractivity contribution in [2.75, 3.05) is 6.54 Å². The topological polar surface area (TPSA) is 225 Å². The molecule has 3 atom stereocenters. The Labute approximate surface area is 240 Å². The fourth-order valence-electron chi connectivity index (χ4n) is 4.72. The first-order valence-corrected chi connectivity index (χ1v) is 13.4. The van der Waals surface area contributed by atoms with Crippen molar-refractivity contribution in [3.8, 4) is 0 Å². The standard InChI is InChI=1S/C29H33N7O6/c30-20(11-16-13-32-21-7-3-1-5-18(16)21)27(39)34-15-26(38)35-23(9-10-25(31)37)28(40)36-24(29(41)42)12-17-14-33-22-8-4-2-6-19(17)22/h1-8,13-14,20,23-24,32-33H,9-12,15,30H2,(H2,31,37)(H,34,39)(H,35,38)(H,36,40)(H,41,42). The molecule has 3 unspecified atom stereocenters. The Balaban J connectivity index is 1.34. The Morgan fingerprint density at radius 3 is 1.93 bits per heavy atom. The number of aliphatic carboxylic acids is 1. The van der Waals surface area contributed by atoms with Crippen molar-refractivity contribution in [1.82, 2.24) is 25.9 Å². The molecule has 2 aromatic carbocycles. The number of nitrogens with two attached hydrogens (primary N) is 2. The number of H-pyrrole nitrogens is 2. The van der Waals surface area contributed by atoms with Crippen LogP contribution in [-0.2, 0) is 36.8 Å². The molecular weight excluding hydrogens is 542 g/mol. The van der Waals surface area contributed by atoms with E-state index in [0.717, 1.165) is 27.4 Å². The molecule has 4 amide bonds. The van der Waals surface area contributed by atoms with Crippen LogP contribution in [0.1, 0.15) is 24.0 Å². The number of fused-ring (bicyclic) bond motifs is 2. The number of aromatic amines is 2. The fourth-order valence-corrected chi connectivity index (χ4v) is 4.72. The van der Waals surface area contributed by atoms with Gasteiger partial charge in [0.05, 0.1) is 12.6 Å². The van der Waals surface area contributed by atoms with Crippen LogP contribution >= 0.6 is 0 Å². The number of carbonyl (C=O) groups is 5. The van der Waals surface area contributed by atoms with Crippen molar-refractivity contribution in [3.05, 3.63) is 72.1 Å². The molecule has 13 heteroatoms. The van der Waals surface area contributed by atoms with E-state index in [9.17, 15) is 29.1 Å². The Bertz CT molecular complexity index is 1610. The third-order valence-electron chi connectivity index (χ3n) is 6.92. The van der Waals surface area contributed by atoms with E-state index in [0.29, 0.717) is 5.56 Å². The van der Waals surface area contributed by atoms with Crippen LogP contribution in [0.4, 0.5) is 0 Å². The second kappa shape index (κ2) is 13.5. The maximum atomic E-state index is 13.1. The minimum Gasteiger partial charge on any atom is -0.480 e. The van der Waals surface area contributed by atoms with E-state index in [1.165, 1.54) is 0 Å². The number of carboxylic acid groups (broad SMARTS) is 1. The number of carbonyl (C=O) groups excluding carboxylic acids is 4. The van der Waals surface area contributed by atoms with Gasteiger partial charge in [0.25, 0.3) is 0 Å². The molecule has 42 heavy (non-hydrogen) atoms. The molecule has 0 saturated heterocycles. The second-order valence-corrected chi connectivity index (χ2v) is 9.98. The molecule has 220 valence electrons. The van der Waals surface area contributed by atoms with Crippen LogP contribution in [0.15, 0.2) is 60.9 Å². The van der Waals surface area contributed by atoms with Gasteiger partial charge in [-0.3, -0.25) is 19.2 Å². The molecule has 0 aliphatic heterocycles. The zero-order valence-corrected chi connectivity index (χ0v) is 22.7. The van der Waals surface area contributed by atoms with E-state index in [-0.39, 0.29) is 25.7 Å². The van der Waals surface area contributed by atoms with E-state index in [4.69, 9.17) is 11.5 Å². The van der Waals surface area contributed by atoms with E-state index >= 15 is 0 Å². The lowest BCUT2D eigenvalue weighted by Gasteiger charge is -2.21. The first-order chi connectivity index (χ1) is 20.1. The highest BCUT2D eigenvalue weighted by Gasteiger charge is 2.28. The van der Waals surface area contributed by atoms with Gasteiger partial charge in [-0.2, -0.15) is 0 Å². The van der Waals surface area contributed by atoms with E-state index < -0.39 is 54.3 Å². The smallest absolute Gasteiger partial charge is 0.326 e. The van der Waals surface area contributed by atoms with Crippen molar-refractivity contribution in [2.24, 2.45) is 11.5 Å². The average Bonchev–Trinajstić information content (AvgIpc) is 3.57. The summed E-state index contributed by atoms with van der Waals surface area (Å²) in [6, 6.07) is 11.4. The quantitative estimate of drug-likeness (QED) is 0.104. The van der Waals surface area contributed by atoms with Crippen molar-refractivity contribution in [1.29, 1.82) is 0 Å². The first-order valence-electron chi connectivity index (χ1n) is 13.4. The van der Waals surface area contributed by atoms with E-state index in [1.54, 1.807) is 12.4 Å². The largest absolute Gasteiger partial charge is 0.480 e. The van der Waals surface area contributed by atoms with Gasteiger partial charge in [-0.25, -0.2) is 4.79 Å². The average molecular weight is 576 g/mol.